The zero-order valence-electron chi connectivity index (χ0n) is 10.7. The molecule has 2 rings (SSSR count). The molecule has 0 aromatic heterocycles. The maximum Gasteiger partial charge on any atom is 0.244 e. The predicted molar refractivity (Wildman–Crippen MR) is 73.5 cm³/mol. The summed E-state index contributed by atoms with van der Waals surface area (Å²) < 4.78 is 0. The predicted octanol–water partition coefficient (Wildman–Crippen LogP) is -0.360. The molecule has 1 aliphatic heterocycles. The molecule has 2 N–H and O–H groups in total. The van der Waals surface area contributed by atoms with Crippen LogP contribution in [0.15, 0.2) is 35.2 Å². The minimum atomic E-state index is 0.0865. The van der Waals surface area contributed by atoms with Crippen LogP contribution in [0.2, 0.25) is 0 Å². The monoisotopic (exact) mass is 266 g/mol. The van der Waals surface area contributed by atoms with E-state index < -0.39 is 0 Å². The molecule has 1 amide bonds. The van der Waals surface area contributed by atoms with E-state index in [4.69, 9.17) is 0 Å². The molecular formula is C13H20N3OS+. The minimum absolute atomic E-state index is 0.0865. The maximum atomic E-state index is 11.8. The zero-order chi connectivity index (χ0) is 12.8. The van der Waals surface area contributed by atoms with Crippen molar-refractivity contribution in [1.29, 1.82) is 0 Å². The first kappa shape index (κ1) is 13.4. The molecule has 18 heavy (non-hydrogen) atoms. The Kier molecular flexibility index (Phi) is 5.04. The third kappa shape index (κ3) is 4.33. The van der Waals surface area contributed by atoms with Crippen molar-refractivity contribution in [3.05, 3.63) is 30.3 Å². The number of hydrogen-bond acceptors (Lipinski definition) is 3. The molecule has 98 valence electrons. The highest BCUT2D eigenvalue weighted by atomic mass is 32.2. The van der Waals surface area contributed by atoms with E-state index in [1.165, 1.54) is 4.90 Å². The normalized spacial score (nSPS) is 17.6. The van der Waals surface area contributed by atoms with Gasteiger partial charge in [-0.3, -0.25) is 10.2 Å². The van der Waals surface area contributed by atoms with E-state index >= 15 is 0 Å². The first-order valence-electron chi connectivity index (χ1n) is 6.27. The molecular weight excluding hydrogens is 246 g/mol. The molecule has 1 fully saturated rings. The summed E-state index contributed by atoms with van der Waals surface area (Å²) in [5, 5.41) is 2.03. The zero-order valence-corrected chi connectivity index (χ0v) is 11.5. The summed E-state index contributed by atoms with van der Waals surface area (Å²) in [6.45, 7) is 4.05. The van der Waals surface area contributed by atoms with Crippen molar-refractivity contribution < 1.29 is 9.69 Å². The lowest BCUT2D eigenvalue weighted by Crippen LogP contribution is -3.12. The van der Waals surface area contributed by atoms with Gasteiger partial charge in [0.25, 0.3) is 0 Å². The Balaban J connectivity index is 1.69. The van der Waals surface area contributed by atoms with Crippen LogP contribution in [0.1, 0.15) is 0 Å². The molecule has 0 unspecified atom stereocenters. The largest absolute Gasteiger partial charge is 0.335 e. The summed E-state index contributed by atoms with van der Waals surface area (Å²) in [5.41, 5.74) is 2.97. The summed E-state index contributed by atoms with van der Waals surface area (Å²) in [5.74, 6) is 0.562. The second-order valence-corrected chi connectivity index (χ2v) is 5.63. The summed E-state index contributed by atoms with van der Waals surface area (Å²) in [6, 6.07) is 10.0. The van der Waals surface area contributed by atoms with Crippen LogP contribution in [0.5, 0.6) is 0 Å². The quantitative estimate of drug-likeness (QED) is 0.731. The molecule has 1 saturated heterocycles. The van der Waals surface area contributed by atoms with Crippen LogP contribution in [0.4, 0.5) is 0 Å². The fourth-order valence-corrected chi connectivity index (χ4v) is 2.59. The number of thioether (sulfide) groups is 1. The van der Waals surface area contributed by atoms with Crippen LogP contribution in [0.3, 0.4) is 0 Å². The van der Waals surface area contributed by atoms with Crippen LogP contribution in [0.25, 0.3) is 0 Å². The number of piperazine rings is 1. The van der Waals surface area contributed by atoms with Crippen molar-refractivity contribution in [1.82, 2.24) is 10.4 Å². The molecule has 0 aliphatic carbocycles. The number of carbonyl (C=O) groups excluding carboxylic acids is 1. The number of hydrogen-bond donors (Lipinski definition) is 2. The Hall–Kier alpha value is -1.04. The Bertz CT molecular complexity index is 377. The fraction of sp³-hybridized carbons (Fsp3) is 0.462. The van der Waals surface area contributed by atoms with Crippen molar-refractivity contribution in [2.24, 2.45) is 0 Å². The Morgan fingerprint density at radius 2 is 2.00 bits per heavy atom. The highest BCUT2D eigenvalue weighted by Gasteiger charge is 2.17. The SMILES string of the molecule is C[NH+]1CCN(NC(=O)CSc2ccccc2)CC1. The minimum Gasteiger partial charge on any atom is -0.335 e. The number of carbonyl (C=O) groups is 1. The third-order valence-electron chi connectivity index (χ3n) is 3.01. The molecule has 5 heteroatoms. The molecule has 1 heterocycles. The van der Waals surface area contributed by atoms with Gasteiger partial charge in [-0.05, 0) is 12.1 Å². The summed E-state index contributed by atoms with van der Waals surface area (Å²) in [6.07, 6.45) is 0. The standard InChI is InChI=1S/C13H19N3OS/c1-15-7-9-16(10-8-15)14-13(17)11-18-12-5-3-2-4-6-12/h2-6H,7-11H2,1H3,(H,14,17)/p+1. The van der Waals surface area contributed by atoms with E-state index in [1.54, 1.807) is 11.8 Å². The summed E-state index contributed by atoms with van der Waals surface area (Å²) in [7, 11) is 2.18. The van der Waals surface area contributed by atoms with E-state index in [-0.39, 0.29) is 5.91 Å². The van der Waals surface area contributed by atoms with E-state index in [9.17, 15) is 4.79 Å². The first-order valence-corrected chi connectivity index (χ1v) is 7.26. The van der Waals surface area contributed by atoms with Gasteiger partial charge in [-0.25, -0.2) is 5.01 Å². The number of rotatable bonds is 4. The molecule has 1 aromatic carbocycles. The third-order valence-corrected chi connectivity index (χ3v) is 4.02. The topological polar surface area (TPSA) is 36.8 Å². The van der Waals surface area contributed by atoms with Gasteiger partial charge in [0.1, 0.15) is 0 Å². The van der Waals surface area contributed by atoms with Gasteiger partial charge in [-0.1, -0.05) is 18.2 Å². The highest BCUT2D eigenvalue weighted by Crippen LogP contribution is 2.16. The van der Waals surface area contributed by atoms with Crippen molar-refractivity contribution in [2.75, 3.05) is 39.0 Å². The van der Waals surface area contributed by atoms with E-state index in [0.29, 0.717) is 5.75 Å². The lowest BCUT2D eigenvalue weighted by atomic mass is 10.4. The van der Waals surface area contributed by atoms with E-state index in [1.807, 2.05) is 35.3 Å². The van der Waals surface area contributed by atoms with Gasteiger partial charge >= 0.3 is 0 Å². The van der Waals surface area contributed by atoms with Gasteiger partial charge in [-0.2, -0.15) is 0 Å². The molecule has 1 aliphatic rings. The van der Waals surface area contributed by atoms with E-state index in [2.05, 4.69) is 12.5 Å². The van der Waals surface area contributed by atoms with Gasteiger partial charge < -0.3 is 4.90 Å². The van der Waals surface area contributed by atoms with Crippen LogP contribution in [-0.4, -0.2) is 49.9 Å². The molecule has 1 aromatic rings. The van der Waals surface area contributed by atoms with Crippen molar-refractivity contribution in [3.8, 4) is 0 Å². The van der Waals surface area contributed by atoms with Crippen molar-refractivity contribution in [2.45, 2.75) is 4.90 Å². The van der Waals surface area contributed by atoms with Crippen LogP contribution in [0, 0.1) is 0 Å². The lowest BCUT2D eigenvalue weighted by Gasteiger charge is -2.30. The molecule has 0 saturated carbocycles. The number of amides is 1. The first-order chi connectivity index (χ1) is 8.74. The number of quaternary nitrogens is 1. The maximum absolute atomic E-state index is 11.8. The van der Waals surface area contributed by atoms with Crippen molar-refractivity contribution in [3.63, 3.8) is 0 Å². The van der Waals surface area contributed by atoms with Crippen LogP contribution >= 0.6 is 11.8 Å². The number of nitrogens with one attached hydrogen (secondary N) is 2. The Morgan fingerprint density at radius 3 is 2.67 bits per heavy atom. The average molecular weight is 266 g/mol. The van der Waals surface area contributed by atoms with Crippen molar-refractivity contribution >= 4 is 17.7 Å². The van der Waals surface area contributed by atoms with Gasteiger partial charge in [0, 0.05) is 4.90 Å². The van der Waals surface area contributed by atoms with Gasteiger partial charge in [0.05, 0.1) is 39.0 Å². The molecule has 0 atom stereocenters. The Labute approximate surface area is 112 Å². The van der Waals surface area contributed by atoms with Gasteiger partial charge in [0.2, 0.25) is 5.91 Å². The van der Waals surface area contributed by atoms with Gasteiger partial charge in [-0.15, -0.1) is 11.8 Å². The molecule has 0 radical (unpaired) electrons. The average Bonchev–Trinajstić information content (AvgIpc) is 2.40. The lowest BCUT2D eigenvalue weighted by molar-refractivity contribution is -0.884. The second-order valence-electron chi connectivity index (χ2n) is 4.58. The summed E-state index contributed by atoms with van der Waals surface area (Å²) in [4.78, 5) is 14.4. The summed E-state index contributed by atoms with van der Waals surface area (Å²) >= 11 is 1.57. The fourth-order valence-electron chi connectivity index (χ4n) is 1.87. The number of benzene rings is 1. The molecule has 0 spiro atoms. The number of nitrogens with zero attached hydrogens (tertiary/aromatic N) is 1. The number of likely N-dealkylation sites (N-methyl/N-ethyl adjacent to an activating group) is 1. The molecule has 4 nitrogen and oxygen atoms in total. The smallest absolute Gasteiger partial charge is 0.244 e. The highest BCUT2D eigenvalue weighted by molar-refractivity contribution is 8.00. The second kappa shape index (κ2) is 6.78. The number of hydrazine groups is 1. The molecule has 0 bridgehead atoms. The van der Waals surface area contributed by atoms with Crippen LogP contribution < -0.4 is 10.3 Å². The van der Waals surface area contributed by atoms with Gasteiger partial charge in [0.15, 0.2) is 0 Å². The van der Waals surface area contributed by atoms with E-state index in [0.717, 1.165) is 31.1 Å². The van der Waals surface area contributed by atoms with Crippen LogP contribution in [-0.2, 0) is 4.79 Å². The Morgan fingerprint density at radius 1 is 1.33 bits per heavy atom.